The van der Waals surface area contributed by atoms with E-state index in [-0.39, 0.29) is 6.61 Å². The summed E-state index contributed by atoms with van der Waals surface area (Å²) < 4.78 is 14.6. The molecule has 0 heterocycles. The molecular formula is C3H9O4PS. The molecule has 0 aliphatic carbocycles. The first-order chi connectivity index (χ1) is 3.95. The molecule has 0 radical (unpaired) electrons. The maximum Gasteiger partial charge on any atom is 0.383 e. The van der Waals surface area contributed by atoms with Crippen LogP contribution < -0.4 is 0 Å². The fourth-order valence-electron chi connectivity index (χ4n) is 0.268. The smallest absolute Gasteiger partial charge is 0.383 e. The summed E-state index contributed by atoms with van der Waals surface area (Å²) in [6.07, 6.45) is -0.640. The average Bonchev–Trinajstić information content (AvgIpc) is 1.62. The number of rotatable bonds is 3. The van der Waals surface area contributed by atoms with E-state index in [1.165, 1.54) is 6.92 Å². The molecule has 0 rings (SSSR count). The standard InChI is InChI=1S/C3H9O4PS/c1-3(2-4)7-8(5,6)9/h3-4H,2H2,1H3,(H2,5,6,9). The summed E-state index contributed by atoms with van der Waals surface area (Å²) in [4.78, 5) is 8.41. The highest BCUT2D eigenvalue weighted by Crippen LogP contribution is 2.47. The minimum Gasteiger partial charge on any atom is -0.394 e. The van der Waals surface area contributed by atoms with Crippen molar-refractivity contribution in [1.82, 2.24) is 0 Å². The summed E-state index contributed by atoms with van der Waals surface area (Å²) in [7, 11) is 0. The molecule has 2 N–H and O–H groups in total. The van der Waals surface area contributed by atoms with E-state index >= 15 is 0 Å². The SMILES string of the molecule is CC(CO)OP(=O)(O)S. The molecule has 9 heavy (non-hydrogen) atoms. The van der Waals surface area contributed by atoms with Gasteiger partial charge in [-0.2, -0.15) is 0 Å². The average molecular weight is 172 g/mol. The number of hydrogen-bond acceptors (Lipinski definition) is 3. The molecule has 0 aliphatic heterocycles. The lowest BCUT2D eigenvalue weighted by atomic mass is 10.5. The number of aliphatic hydroxyl groups excluding tert-OH is 1. The predicted octanol–water partition coefficient (Wildman–Crippen LogP) is 0.414. The van der Waals surface area contributed by atoms with Gasteiger partial charge < -0.3 is 10.00 Å². The Morgan fingerprint density at radius 1 is 1.89 bits per heavy atom. The minimum atomic E-state index is -3.70. The maximum atomic E-state index is 10.3. The van der Waals surface area contributed by atoms with E-state index < -0.39 is 12.9 Å². The van der Waals surface area contributed by atoms with E-state index in [0.717, 1.165) is 0 Å². The topological polar surface area (TPSA) is 66.8 Å². The second kappa shape index (κ2) is 3.58. The van der Waals surface area contributed by atoms with E-state index in [2.05, 4.69) is 16.8 Å². The van der Waals surface area contributed by atoms with E-state index in [1.54, 1.807) is 0 Å². The highest BCUT2D eigenvalue weighted by Gasteiger charge is 2.15. The van der Waals surface area contributed by atoms with Gasteiger partial charge in [0.2, 0.25) is 0 Å². The number of aliphatic hydroxyl groups is 1. The zero-order chi connectivity index (χ0) is 7.49. The van der Waals surface area contributed by atoms with Crippen LogP contribution in [0.15, 0.2) is 0 Å². The molecule has 0 fully saturated rings. The van der Waals surface area contributed by atoms with Gasteiger partial charge in [0.25, 0.3) is 0 Å². The Hall–Kier alpha value is 0.460. The molecule has 0 amide bonds. The first kappa shape index (κ1) is 9.46. The van der Waals surface area contributed by atoms with E-state index in [1.807, 2.05) is 0 Å². The fourth-order valence-corrected chi connectivity index (χ4v) is 1.29. The summed E-state index contributed by atoms with van der Waals surface area (Å²) in [5, 5.41) is 8.31. The quantitative estimate of drug-likeness (QED) is 0.426. The highest BCUT2D eigenvalue weighted by molar-refractivity contribution is 8.44. The molecule has 2 unspecified atom stereocenters. The van der Waals surface area contributed by atoms with E-state index in [4.69, 9.17) is 10.00 Å². The van der Waals surface area contributed by atoms with Crippen LogP contribution in [0.5, 0.6) is 0 Å². The first-order valence-electron chi connectivity index (χ1n) is 2.30. The van der Waals surface area contributed by atoms with E-state index in [0.29, 0.717) is 0 Å². The lowest BCUT2D eigenvalue weighted by molar-refractivity contribution is 0.122. The minimum absolute atomic E-state index is 0.287. The van der Waals surface area contributed by atoms with Crippen molar-refractivity contribution in [2.24, 2.45) is 0 Å². The van der Waals surface area contributed by atoms with Gasteiger partial charge in [-0.3, -0.25) is 4.52 Å². The molecule has 0 aliphatic rings. The molecule has 2 atom stereocenters. The molecule has 0 aromatic heterocycles. The maximum absolute atomic E-state index is 10.3. The van der Waals surface area contributed by atoms with E-state index in [9.17, 15) is 4.57 Å². The van der Waals surface area contributed by atoms with Crippen molar-refractivity contribution in [3.63, 3.8) is 0 Å². The number of hydrogen-bond donors (Lipinski definition) is 3. The fraction of sp³-hybridized carbons (Fsp3) is 1.00. The summed E-state index contributed by atoms with van der Waals surface area (Å²) in [5.74, 6) is 0. The second-order valence-electron chi connectivity index (χ2n) is 1.59. The normalized spacial score (nSPS) is 20.9. The van der Waals surface area contributed by atoms with Crippen LogP contribution >= 0.6 is 19.0 Å². The van der Waals surface area contributed by atoms with Crippen molar-refractivity contribution in [3.05, 3.63) is 0 Å². The van der Waals surface area contributed by atoms with Crippen LogP contribution in [-0.4, -0.2) is 22.7 Å². The molecule has 0 saturated heterocycles. The van der Waals surface area contributed by atoms with Crippen LogP contribution in [0.2, 0.25) is 0 Å². The molecule has 56 valence electrons. The molecular weight excluding hydrogens is 163 g/mol. The third-order valence-electron chi connectivity index (χ3n) is 0.574. The third-order valence-corrected chi connectivity index (χ3v) is 1.49. The predicted molar refractivity (Wildman–Crippen MR) is 36.4 cm³/mol. The zero-order valence-electron chi connectivity index (χ0n) is 4.89. The van der Waals surface area contributed by atoms with Crippen molar-refractivity contribution < 1.29 is 19.1 Å². The van der Waals surface area contributed by atoms with Crippen molar-refractivity contribution in [2.75, 3.05) is 6.61 Å². The van der Waals surface area contributed by atoms with Gasteiger partial charge in [-0.15, -0.1) is 0 Å². The van der Waals surface area contributed by atoms with Crippen molar-refractivity contribution in [2.45, 2.75) is 13.0 Å². The van der Waals surface area contributed by atoms with Crippen LogP contribution in [0, 0.1) is 0 Å². The first-order valence-corrected chi connectivity index (χ1v) is 5.03. The Balaban J connectivity index is 3.60. The number of thiol groups is 1. The molecule has 4 nitrogen and oxygen atoms in total. The van der Waals surface area contributed by atoms with Gasteiger partial charge in [-0.1, -0.05) is 12.2 Å². The van der Waals surface area contributed by atoms with Crippen LogP contribution in [-0.2, 0) is 9.09 Å². The summed E-state index contributed by atoms with van der Waals surface area (Å²) in [6.45, 7) is -2.52. The lowest BCUT2D eigenvalue weighted by Crippen LogP contribution is -2.09. The molecule has 0 aromatic rings. The Morgan fingerprint density at radius 3 is 2.44 bits per heavy atom. The van der Waals surface area contributed by atoms with Gasteiger partial charge >= 0.3 is 6.80 Å². The molecule has 0 aromatic carbocycles. The molecule has 0 spiro atoms. The summed E-state index contributed by atoms with van der Waals surface area (Å²) in [5.41, 5.74) is 0. The molecule has 6 heteroatoms. The Bertz CT molecular complexity index is 121. The van der Waals surface area contributed by atoms with Crippen LogP contribution in [0.4, 0.5) is 0 Å². The van der Waals surface area contributed by atoms with Crippen LogP contribution in [0.1, 0.15) is 6.92 Å². The van der Waals surface area contributed by atoms with Crippen LogP contribution in [0.3, 0.4) is 0 Å². The largest absolute Gasteiger partial charge is 0.394 e. The third kappa shape index (κ3) is 6.34. The van der Waals surface area contributed by atoms with Gasteiger partial charge in [0, 0.05) is 0 Å². The zero-order valence-corrected chi connectivity index (χ0v) is 6.68. The van der Waals surface area contributed by atoms with Gasteiger partial charge in [-0.05, 0) is 6.92 Å². The van der Waals surface area contributed by atoms with Crippen molar-refractivity contribution >= 4 is 19.0 Å². The Kier molecular flexibility index (Phi) is 3.77. The second-order valence-corrected chi connectivity index (χ2v) is 4.30. The van der Waals surface area contributed by atoms with Gasteiger partial charge in [0.15, 0.2) is 0 Å². The molecule has 0 saturated carbocycles. The van der Waals surface area contributed by atoms with Gasteiger partial charge in [-0.25, -0.2) is 4.57 Å². The molecule has 0 bridgehead atoms. The monoisotopic (exact) mass is 172 g/mol. The van der Waals surface area contributed by atoms with Crippen molar-refractivity contribution in [1.29, 1.82) is 0 Å². The van der Waals surface area contributed by atoms with Crippen molar-refractivity contribution in [3.8, 4) is 0 Å². The summed E-state index contributed by atoms with van der Waals surface area (Å²) >= 11 is 3.23. The van der Waals surface area contributed by atoms with Gasteiger partial charge in [0.1, 0.15) is 0 Å². The summed E-state index contributed by atoms with van der Waals surface area (Å²) in [6, 6.07) is 0. The van der Waals surface area contributed by atoms with Crippen LogP contribution in [0.25, 0.3) is 0 Å². The Labute approximate surface area is 58.5 Å². The Morgan fingerprint density at radius 2 is 2.33 bits per heavy atom. The lowest BCUT2D eigenvalue weighted by Gasteiger charge is -2.10. The highest BCUT2D eigenvalue weighted by atomic mass is 32.7. The van der Waals surface area contributed by atoms with Gasteiger partial charge in [0.05, 0.1) is 12.7 Å².